The van der Waals surface area contributed by atoms with Crippen LogP contribution in [-0.4, -0.2) is 65.5 Å². The SMILES string of the molecule is CCOC(=O)CCNC(=O)C(c1ccc(CC)cc1)N(C(=O)C(CCC(N)=O)NC(=O)OC(C)(C)C)C(C)CC. The minimum Gasteiger partial charge on any atom is -0.466 e. The highest BCUT2D eigenvalue weighted by Gasteiger charge is 2.38. The predicted molar refractivity (Wildman–Crippen MR) is 151 cm³/mol. The normalized spacial score (nSPS) is 13.4. The first-order valence-electron chi connectivity index (χ1n) is 13.9. The quantitative estimate of drug-likeness (QED) is 0.277. The Kier molecular flexibility index (Phi) is 14.2. The van der Waals surface area contributed by atoms with Gasteiger partial charge in [0.25, 0.3) is 0 Å². The number of aryl methyl sites for hydroxylation is 1. The number of primary amides is 1. The van der Waals surface area contributed by atoms with E-state index in [0.717, 1.165) is 12.0 Å². The summed E-state index contributed by atoms with van der Waals surface area (Å²) in [6.45, 7) is 12.7. The van der Waals surface area contributed by atoms with Crippen molar-refractivity contribution in [3.05, 3.63) is 35.4 Å². The van der Waals surface area contributed by atoms with E-state index >= 15 is 0 Å². The molecule has 1 rings (SSSR count). The van der Waals surface area contributed by atoms with Crippen LogP contribution in [0, 0.1) is 0 Å². The van der Waals surface area contributed by atoms with Gasteiger partial charge in [-0.05, 0) is 65.0 Å². The molecule has 0 aliphatic rings. The van der Waals surface area contributed by atoms with E-state index in [-0.39, 0.29) is 32.4 Å². The maximum Gasteiger partial charge on any atom is 0.408 e. The summed E-state index contributed by atoms with van der Waals surface area (Å²) in [5, 5.41) is 5.33. The van der Waals surface area contributed by atoms with Gasteiger partial charge in [-0.2, -0.15) is 0 Å². The molecule has 0 spiro atoms. The summed E-state index contributed by atoms with van der Waals surface area (Å²) < 4.78 is 10.3. The van der Waals surface area contributed by atoms with Gasteiger partial charge in [0.2, 0.25) is 17.7 Å². The number of hydrogen-bond donors (Lipinski definition) is 3. The first-order valence-corrected chi connectivity index (χ1v) is 13.9. The van der Waals surface area contributed by atoms with Crippen LogP contribution >= 0.6 is 0 Å². The van der Waals surface area contributed by atoms with Crippen LogP contribution in [0.3, 0.4) is 0 Å². The van der Waals surface area contributed by atoms with Crippen molar-refractivity contribution in [1.29, 1.82) is 0 Å². The number of hydrogen-bond acceptors (Lipinski definition) is 7. The minimum absolute atomic E-state index is 0.0189. The Hall–Kier alpha value is -3.63. The van der Waals surface area contributed by atoms with Crippen LogP contribution in [0.2, 0.25) is 0 Å². The molecule has 4 amide bonds. The van der Waals surface area contributed by atoms with Gasteiger partial charge < -0.3 is 30.7 Å². The lowest BCUT2D eigenvalue weighted by atomic mass is 9.97. The van der Waals surface area contributed by atoms with E-state index in [2.05, 4.69) is 10.6 Å². The van der Waals surface area contributed by atoms with Crippen LogP contribution in [0.4, 0.5) is 4.79 Å². The van der Waals surface area contributed by atoms with Crippen molar-refractivity contribution in [2.75, 3.05) is 13.2 Å². The van der Waals surface area contributed by atoms with Gasteiger partial charge in [0, 0.05) is 19.0 Å². The third-order valence-electron chi connectivity index (χ3n) is 6.15. The molecule has 0 aromatic heterocycles. The molecule has 0 aliphatic carbocycles. The van der Waals surface area contributed by atoms with Crippen LogP contribution in [0.1, 0.15) is 91.3 Å². The molecule has 224 valence electrons. The summed E-state index contributed by atoms with van der Waals surface area (Å²) in [6, 6.07) is 4.66. The largest absolute Gasteiger partial charge is 0.466 e. The van der Waals surface area contributed by atoms with Gasteiger partial charge in [-0.1, -0.05) is 38.1 Å². The Morgan fingerprint density at radius 3 is 2.12 bits per heavy atom. The maximum absolute atomic E-state index is 14.1. The zero-order chi connectivity index (χ0) is 30.5. The number of alkyl carbamates (subject to hydrolysis) is 1. The standard InChI is InChI=1S/C29H46N4O7/c1-8-19(4)33(27(37)22(15-16-23(30)34)32-28(38)40-29(5,6)7)25(21-13-11-20(9-2)12-14-21)26(36)31-18-17-24(35)39-10-3/h11-14,19,22,25H,8-10,15-18H2,1-7H3,(H2,30,34)(H,31,36)(H,32,38). The highest BCUT2D eigenvalue weighted by Crippen LogP contribution is 2.27. The first kappa shape index (κ1) is 34.4. The minimum atomic E-state index is -1.18. The molecule has 0 aliphatic heterocycles. The van der Waals surface area contributed by atoms with Gasteiger partial charge in [0.1, 0.15) is 17.7 Å². The number of benzene rings is 1. The molecule has 1 aromatic rings. The van der Waals surface area contributed by atoms with Crippen molar-refractivity contribution in [3.63, 3.8) is 0 Å². The lowest BCUT2D eigenvalue weighted by Crippen LogP contribution is -2.55. The fourth-order valence-corrected chi connectivity index (χ4v) is 3.96. The fraction of sp³-hybridized carbons (Fsp3) is 0.621. The molecule has 0 heterocycles. The van der Waals surface area contributed by atoms with Crippen LogP contribution in [0.25, 0.3) is 0 Å². The molecule has 3 atom stereocenters. The number of esters is 1. The van der Waals surface area contributed by atoms with Crippen LogP contribution in [-0.2, 0) is 35.1 Å². The van der Waals surface area contributed by atoms with Crippen molar-refractivity contribution < 1.29 is 33.4 Å². The number of ether oxygens (including phenoxy) is 2. The van der Waals surface area contributed by atoms with Gasteiger partial charge in [-0.15, -0.1) is 0 Å². The Morgan fingerprint density at radius 2 is 1.62 bits per heavy atom. The highest BCUT2D eigenvalue weighted by atomic mass is 16.6. The first-order chi connectivity index (χ1) is 18.7. The number of amides is 4. The van der Waals surface area contributed by atoms with E-state index in [1.165, 1.54) is 4.90 Å². The third kappa shape index (κ3) is 11.6. The topological polar surface area (TPSA) is 157 Å². The summed E-state index contributed by atoms with van der Waals surface area (Å²) in [5.74, 6) is -2.14. The van der Waals surface area contributed by atoms with Gasteiger partial charge >= 0.3 is 12.1 Å². The van der Waals surface area contributed by atoms with Crippen molar-refractivity contribution in [2.45, 2.75) is 104 Å². The molecule has 0 radical (unpaired) electrons. The molecular weight excluding hydrogens is 516 g/mol. The van der Waals surface area contributed by atoms with Gasteiger partial charge in [0.15, 0.2) is 0 Å². The van der Waals surface area contributed by atoms with Crippen molar-refractivity contribution >= 4 is 29.8 Å². The monoisotopic (exact) mass is 562 g/mol. The number of nitrogens with two attached hydrogens (primary N) is 1. The van der Waals surface area contributed by atoms with Crippen LogP contribution in [0.5, 0.6) is 0 Å². The average Bonchev–Trinajstić information content (AvgIpc) is 2.87. The molecule has 0 saturated heterocycles. The Balaban J connectivity index is 3.49. The van der Waals surface area contributed by atoms with Crippen LogP contribution < -0.4 is 16.4 Å². The van der Waals surface area contributed by atoms with Crippen molar-refractivity contribution in [1.82, 2.24) is 15.5 Å². The lowest BCUT2D eigenvalue weighted by molar-refractivity contribution is -0.146. The van der Waals surface area contributed by atoms with E-state index in [4.69, 9.17) is 15.2 Å². The summed E-state index contributed by atoms with van der Waals surface area (Å²) >= 11 is 0. The van der Waals surface area contributed by atoms with E-state index in [1.54, 1.807) is 46.8 Å². The molecule has 4 N–H and O–H groups in total. The molecule has 40 heavy (non-hydrogen) atoms. The zero-order valence-corrected chi connectivity index (χ0v) is 24.9. The second-order valence-corrected chi connectivity index (χ2v) is 10.6. The molecule has 3 unspecified atom stereocenters. The number of carbonyl (C=O) groups excluding carboxylic acids is 5. The molecule has 0 fully saturated rings. The number of nitrogens with zero attached hydrogens (tertiary/aromatic N) is 1. The summed E-state index contributed by atoms with van der Waals surface area (Å²) in [5.41, 5.74) is 6.15. The molecule has 11 nitrogen and oxygen atoms in total. The van der Waals surface area contributed by atoms with E-state index in [1.807, 2.05) is 26.0 Å². The van der Waals surface area contributed by atoms with Crippen molar-refractivity contribution in [2.24, 2.45) is 5.73 Å². The number of carbonyl (C=O) groups is 5. The lowest BCUT2D eigenvalue weighted by Gasteiger charge is -2.38. The zero-order valence-electron chi connectivity index (χ0n) is 24.9. The number of nitrogens with one attached hydrogen (secondary N) is 2. The van der Waals surface area contributed by atoms with E-state index in [0.29, 0.717) is 12.0 Å². The van der Waals surface area contributed by atoms with Crippen molar-refractivity contribution in [3.8, 4) is 0 Å². The third-order valence-corrected chi connectivity index (χ3v) is 6.15. The summed E-state index contributed by atoms with van der Waals surface area (Å²) in [6.07, 6.45) is 0.191. The van der Waals surface area contributed by atoms with Gasteiger partial charge in [-0.25, -0.2) is 4.79 Å². The van der Waals surface area contributed by atoms with Gasteiger partial charge in [0.05, 0.1) is 13.0 Å². The second kappa shape index (κ2) is 16.5. The number of rotatable bonds is 15. The van der Waals surface area contributed by atoms with E-state index < -0.39 is 53.5 Å². The average molecular weight is 563 g/mol. The highest BCUT2D eigenvalue weighted by molar-refractivity contribution is 5.92. The second-order valence-electron chi connectivity index (χ2n) is 10.6. The Bertz CT molecular complexity index is 1000. The molecule has 0 saturated carbocycles. The molecule has 0 bridgehead atoms. The molecule has 11 heteroatoms. The van der Waals surface area contributed by atoms with Gasteiger partial charge in [-0.3, -0.25) is 19.2 Å². The summed E-state index contributed by atoms with van der Waals surface area (Å²) in [7, 11) is 0. The maximum atomic E-state index is 14.1. The molecular formula is C29H46N4O7. The Morgan fingerprint density at radius 1 is 1.00 bits per heavy atom. The fourth-order valence-electron chi connectivity index (χ4n) is 3.96. The predicted octanol–water partition coefficient (Wildman–Crippen LogP) is 3.15. The van der Waals surface area contributed by atoms with Crippen LogP contribution in [0.15, 0.2) is 24.3 Å². The Labute approximate surface area is 237 Å². The van der Waals surface area contributed by atoms with E-state index in [9.17, 15) is 24.0 Å². The smallest absolute Gasteiger partial charge is 0.408 e. The summed E-state index contributed by atoms with van der Waals surface area (Å²) in [4.78, 5) is 65.3. The molecule has 1 aromatic carbocycles.